The summed E-state index contributed by atoms with van der Waals surface area (Å²) in [6.45, 7) is 11.6. The topological polar surface area (TPSA) is 186 Å². The SMILES string of the molecule is CC(C)CN(Cc1ccccc1)c1ccc(-c2ccccc2-c2nnn(C(c3ccccc3)(c3ccccc3)c3ccccc3)n2)cc1N.CC(C)CN(Cc1ccccc1)c1ccc(-c2ccccc2-c2nnn(C(c3ccccc3)(c3ccccc3)c3ccccc3)n2)cc1NC(=O)Cc1ccccc1C(F)(F)F.O=C(O)Cc1ccccc1C(F)(F)F. The van der Waals surface area contributed by atoms with Gasteiger partial charge in [0, 0.05) is 37.3 Å². The summed E-state index contributed by atoms with van der Waals surface area (Å²) in [5, 5.41) is 40.7. The largest absolute Gasteiger partial charge is 0.481 e. The van der Waals surface area contributed by atoms with E-state index < -0.39 is 59.3 Å². The second kappa shape index (κ2) is 39.3. The number of benzene rings is 14. The molecule has 21 heteroatoms. The van der Waals surface area contributed by atoms with Crippen molar-refractivity contribution in [3.05, 3.63) is 443 Å². The predicted molar refractivity (Wildman–Crippen MR) is 482 cm³/mol. The van der Waals surface area contributed by atoms with Gasteiger partial charge in [-0.1, -0.05) is 367 Å². The minimum Gasteiger partial charge on any atom is -0.481 e. The number of carboxylic acids is 1. The number of hydrogen-bond acceptors (Lipinski definition) is 11. The molecule has 15 nitrogen and oxygen atoms in total. The zero-order chi connectivity index (χ0) is 87.5. The molecule has 16 rings (SSSR count). The van der Waals surface area contributed by atoms with Gasteiger partial charge in [0.05, 0.1) is 46.7 Å². The number of halogens is 6. The summed E-state index contributed by atoms with van der Waals surface area (Å²) in [4.78, 5) is 32.2. The van der Waals surface area contributed by atoms with E-state index >= 15 is 0 Å². The molecule has 0 radical (unpaired) electrons. The fraction of sp³-hybridized carbons (Fsp3) is 0.154. The molecule has 0 bridgehead atoms. The van der Waals surface area contributed by atoms with E-state index in [-0.39, 0.29) is 17.0 Å². The van der Waals surface area contributed by atoms with Crippen molar-refractivity contribution in [3.63, 3.8) is 0 Å². The minimum atomic E-state index is -4.60. The summed E-state index contributed by atoms with van der Waals surface area (Å²) < 4.78 is 79.0. The summed E-state index contributed by atoms with van der Waals surface area (Å²) in [7, 11) is 0. The lowest BCUT2D eigenvalue weighted by atomic mass is 9.77. The van der Waals surface area contributed by atoms with E-state index in [0.29, 0.717) is 41.9 Å². The molecule has 4 N–H and O–H groups in total. The molecule has 125 heavy (non-hydrogen) atoms. The summed E-state index contributed by atoms with van der Waals surface area (Å²) >= 11 is 0. The molecule has 0 saturated carbocycles. The van der Waals surface area contributed by atoms with Crippen LogP contribution in [0.5, 0.6) is 0 Å². The molecule has 0 unspecified atom stereocenters. The van der Waals surface area contributed by atoms with Crippen LogP contribution in [0.3, 0.4) is 0 Å². The van der Waals surface area contributed by atoms with E-state index in [4.69, 9.17) is 41.7 Å². The van der Waals surface area contributed by atoms with E-state index in [9.17, 15) is 35.9 Å². The van der Waals surface area contributed by atoms with Crippen molar-refractivity contribution in [1.82, 2.24) is 40.4 Å². The van der Waals surface area contributed by atoms with Crippen molar-refractivity contribution in [1.29, 1.82) is 0 Å². The highest BCUT2D eigenvalue weighted by Crippen LogP contribution is 2.45. The second-order valence-corrected chi connectivity index (χ2v) is 31.1. The quantitative estimate of drug-likeness (QED) is 0.0252. The Morgan fingerprint density at radius 1 is 0.376 bits per heavy atom. The minimum absolute atomic E-state index is 0.101. The Balaban J connectivity index is 0.000000179. The van der Waals surface area contributed by atoms with Crippen LogP contribution in [0.25, 0.3) is 45.0 Å². The van der Waals surface area contributed by atoms with E-state index in [1.165, 1.54) is 35.9 Å². The number of carbonyl (C=O) groups excluding carboxylic acids is 1. The molecule has 0 spiro atoms. The fourth-order valence-electron chi connectivity index (χ4n) is 16.1. The van der Waals surface area contributed by atoms with Crippen molar-refractivity contribution in [3.8, 4) is 45.0 Å². The van der Waals surface area contributed by atoms with Crippen LogP contribution in [-0.4, -0.2) is 70.5 Å². The highest BCUT2D eigenvalue weighted by atomic mass is 19.4. The third-order valence-corrected chi connectivity index (χ3v) is 21.5. The maximum Gasteiger partial charge on any atom is 0.416 e. The lowest BCUT2D eigenvalue weighted by Gasteiger charge is -2.34. The molecule has 628 valence electrons. The zero-order valence-corrected chi connectivity index (χ0v) is 69.3. The maximum absolute atomic E-state index is 14.0. The molecule has 2 heterocycles. The Hall–Kier alpha value is -14.9. The average molecular weight is 1670 g/mol. The number of rotatable bonds is 27. The summed E-state index contributed by atoms with van der Waals surface area (Å²) in [6, 6.07) is 120. The van der Waals surface area contributed by atoms with Gasteiger partial charge in [0.15, 0.2) is 11.1 Å². The van der Waals surface area contributed by atoms with Crippen LogP contribution < -0.4 is 20.9 Å². The van der Waals surface area contributed by atoms with E-state index in [1.54, 1.807) is 9.59 Å². The van der Waals surface area contributed by atoms with Crippen molar-refractivity contribution in [2.75, 3.05) is 33.9 Å². The number of aliphatic carboxylic acids is 1. The van der Waals surface area contributed by atoms with Crippen molar-refractivity contribution < 1.29 is 41.0 Å². The van der Waals surface area contributed by atoms with Gasteiger partial charge in [-0.2, -0.15) is 26.3 Å². The summed E-state index contributed by atoms with van der Waals surface area (Å²) in [5.74, 6) is -0.188. The van der Waals surface area contributed by atoms with Gasteiger partial charge in [-0.15, -0.1) is 30.0 Å². The van der Waals surface area contributed by atoms with Gasteiger partial charge in [0.2, 0.25) is 17.6 Å². The molecule has 0 aliphatic carbocycles. The molecule has 16 aromatic rings. The van der Waals surface area contributed by atoms with Crippen LogP contribution >= 0.6 is 0 Å². The summed E-state index contributed by atoms with van der Waals surface area (Å²) in [5.41, 5.74) is 19.3. The first-order valence-corrected chi connectivity index (χ1v) is 41.1. The van der Waals surface area contributed by atoms with Crippen LogP contribution in [0, 0.1) is 11.8 Å². The third kappa shape index (κ3) is 20.2. The fourth-order valence-corrected chi connectivity index (χ4v) is 16.1. The van der Waals surface area contributed by atoms with Crippen molar-refractivity contribution >= 4 is 34.6 Å². The number of alkyl halides is 6. The molecule has 0 atom stereocenters. The first-order valence-electron chi connectivity index (χ1n) is 41.1. The number of amides is 1. The van der Waals surface area contributed by atoms with Gasteiger partial charge >= 0.3 is 18.3 Å². The maximum atomic E-state index is 14.0. The number of aromatic nitrogens is 8. The van der Waals surface area contributed by atoms with Crippen LogP contribution in [0.1, 0.15) is 94.5 Å². The number of nitrogens with one attached hydrogen (secondary N) is 1. The van der Waals surface area contributed by atoms with Crippen LogP contribution in [0.4, 0.5) is 49.1 Å². The number of tetrazole rings is 2. The standard InChI is InChI=1S/C52H45F3N6O.C43H40N6.C9H7F3O2/c1-37(2)35-60(36-38-19-7-3-8-20-38)48-32-31-39(33-47(48)56-49(62)34-40-21-15-18-30-46(40)52(53,54)55)44-28-16-17-29-45(44)50-57-59-61(58-50)51(41-22-9-4-10-23-41,42-24-11-5-12-25-42)43-26-13-6-14-27-43;1-32(2)30-48(31-33-17-7-3-8-18-33)41-28-27-34(29-40(41)44)38-25-15-16-26-39(38)42-45-47-49(46-42)43(35-19-9-4-10-20-35,36-21-11-5-12-22-36)37-23-13-6-14-24-37;10-9(11,12)7-4-2-1-3-6(7)5-8(13)14/h3-33,37H,34-36H2,1-2H3,(H,56,62);3-29,32H,30-31,44H2,1-2H3;1-4H,5H2,(H,13,14). The summed E-state index contributed by atoms with van der Waals surface area (Å²) in [6.07, 6.45) is -10.2. The number of hydrogen-bond donors (Lipinski definition) is 3. The molecule has 0 aliphatic heterocycles. The zero-order valence-electron chi connectivity index (χ0n) is 69.3. The number of nitrogens with zero attached hydrogens (tertiary/aromatic N) is 10. The van der Waals surface area contributed by atoms with Gasteiger partial charge in [0.1, 0.15) is 0 Å². The van der Waals surface area contributed by atoms with E-state index in [1.807, 2.05) is 158 Å². The highest BCUT2D eigenvalue weighted by Gasteiger charge is 2.44. The van der Waals surface area contributed by atoms with E-state index in [0.717, 1.165) is 115 Å². The molecular formula is C104H92F6N12O3. The number of anilines is 4. The van der Waals surface area contributed by atoms with Gasteiger partial charge in [-0.3, -0.25) is 9.59 Å². The Bertz CT molecular complexity index is 6030. The van der Waals surface area contributed by atoms with E-state index in [2.05, 4.69) is 213 Å². The lowest BCUT2D eigenvalue weighted by Crippen LogP contribution is -2.39. The molecule has 0 aliphatic rings. The predicted octanol–water partition coefficient (Wildman–Crippen LogP) is 23.1. The lowest BCUT2D eigenvalue weighted by molar-refractivity contribution is -0.140. The van der Waals surface area contributed by atoms with Crippen LogP contribution in [0.2, 0.25) is 0 Å². The van der Waals surface area contributed by atoms with Crippen LogP contribution in [0.15, 0.2) is 376 Å². The van der Waals surface area contributed by atoms with Crippen molar-refractivity contribution in [2.45, 2.75) is 77.1 Å². The number of nitrogens with two attached hydrogens (primary N) is 1. The number of nitrogen functional groups attached to an aromatic ring is 1. The number of carboxylic acid groups (broad SMARTS) is 1. The molecule has 1 amide bonds. The molecular weight excluding hydrogens is 1580 g/mol. The molecule has 14 aromatic carbocycles. The Morgan fingerprint density at radius 2 is 0.680 bits per heavy atom. The normalized spacial score (nSPS) is 11.6. The highest BCUT2D eigenvalue weighted by molar-refractivity contribution is 5.98. The number of carbonyl (C=O) groups is 2. The Morgan fingerprint density at radius 3 is 1.02 bits per heavy atom. The second-order valence-electron chi connectivity index (χ2n) is 31.1. The van der Waals surface area contributed by atoms with Crippen molar-refractivity contribution in [2.24, 2.45) is 11.8 Å². The average Bonchev–Trinajstić information content (AvgIpc) is 1.72. The van der Waals surface area contributed by atoms with Gasteiger partial charge in [-0.25, -0.2) is 0 Å². The Labute approximate surface area is 722 Å². The molecule has 2 aromatic heterocycles. The monoisotopic (exact) mass is 1670 g/mol. The molecule has 0 fully saturated rings. The van der Waals surface area contributed by atoms with Gasteiger partial charge in [-0.05, 0) is 137 Å². The van der Waals surface area contributed by atoms with Crippen LogP contribution in [-0.2, 0) is 59.0 Å². The Kier molecular flexibility index (Phi) is 27.2. The van der Waals surface area contributed by atoms with Gasteiger partial charge in [0.25, 0.3) is 0 Å². The third-order valence-electron chi connectivity index (χ3n) is 21.5. The smallest absolute Gasteiger partial charge is 0.416 e. The first kappa shape index (κ1) is 86.5. The molecule has 0 saturated heterocycles. The first-order chi connectivity index (χ1) is 60.6. The van der Waals surface area contributed by atoms with Gasteiger partial charge < -0.3 is 26.0 Å².